The molecule has 9 nitrogen and oxygen atoms in total. The predicted molar refractivity (Wildman–Crippen MR) is 145 cm³/mol. The fourth-order valence-corrected chi connectivity index (χ4v) is 3.89. The smallest absolute Gasteiger partial charge is 0.408 e. The first-order valence-electron chi connectivity index (χ1n) is 12.9. The van der Waals surface area contributed by atoms with Gasteiger partial charge in [-0.15, -0.1) is 0 Å². The zero-order chi connectivity index (χ0) is 28.7. The van der Waals surface area contributed by atoms with Crippen LogP contribution in [0.4, 0.5) is 4.79 Å². The van der Waals surface area contributed by atoms with Gasteiger partial charge in [-0.1, -0.05) is 25.1 Å². The highest BCUT2D eigenvalue weighted by Gasteiger charge is 2.40. The summed E-state index contributed by atoms with van der Waals surface area (Å²) in [5.41, 5.74) is 6.61. The number of aryl methyl sites for hydroxylation is 1. The van der Waals surface area contributed by atoms with Gasteiger partial charge in [0, 0.05) is 18.0 Å². The van der Waals surface area contributed by atoms with Crippen molar-refractivity contribution in [2.45, 2.75) is 118 Å². The maximum absolute atomic E-state index is 14.2. The van der Waals surface area contributed by atoms with E-state index in [1.807, 2.05) is 66.7 Å². The van der Waals surface area contributed by atoms with E-state index in [2.05, 4.69) is 10.6 Å². The Balaban J connectivity index is 3.66. The van der Waals surface area contributed by atoms with Crippen LogP contribution in [0.15, 0.2) is 18.2 Å². The summed E-state index contributed by atoms with van der Waals surface area (Å²) in [6, 6.07) is 3.21. The monoisotopic (exact) mass is 518 g/mol. The van der Waals surface area contributed by atoms with Crippen LogP contribution in [0.2, 0.25) is 0 Å². The van der Waals surface area contributed by atoms with Gasteiger partial charge in [0.05, 0.1) is 0 Å². The fraction of sp³-hybridized carbons (Fsp3) is 0.643. The lowest BCUT2D eigenvalue weighted by Crippen LogP contribution is -2.57. The van der Waals surface area contributed by atoms with Crippen molar-refractivity contribution in [3.05, 3.63) is 34.9 Å². The van der Waals surface area contributed by atoms with Crippen molar-refractivity contribution >= 4 is 23.8 Å². The summed E-state index contributed by atoms with van der Waals surface area (Å²) in [6.07, 6.45) is -0.379. The van der Waals surface area contributed by atoms with Gasteiger partial charge in [0.2, 0.25) is 17.7 Å². The minimum atomic E-state index is -1.12. The molecule has 1 aromatic carbocycles. The molecule has 37 heavy (non-hydrogen) atoms. The Morgan fingerprint density at radius 1 is 1.05 bits per heavy atom. The third kappa shape index (κ3) is 10.1. The van der Waals surface area contributed by atoms with Gasteiger partial charge in [-0.05, 0) is 91.8 Å². The second-order valence-electron chi connectivity index (χ2n) is 11.6. The molecule has 3 unspecified atom stereocenters. The summed E-state index contributed by atoms with van der Waals surface area (Å²) in [5.74, 6) is -1.42. The summed E-state index contributed by atoms with van der Waals surface area (Å²) in [6.45, 7) is 18.4. The van der Waals surface area contributed by atoms with Gasteiger partial charge in [-0.2, -0.15) is 0 Å². The molecule has 9 heteroatoms. The van der Waals surface area contributed by atoms with E-state index in [-0.39, 0.29) is 24.8 Å². The van der Waals surface area contributed by atoms with E-state index in [1.165, 1.54) is 4.90 Å². The minimum Gasteiger partial charge on any atom is -0.444 e. The lowest BCUT2D eigenvalue weighted by molar-refractivity contribution is -0.146. The Bertz CT molecular complexity index is 978. The van der Waals surface area contributed by atoms with Gasteiger partial charge in [0.15, 0.2) is 0 Å². The molecule has 0 bridgehead atoms. The van der Waals surface area contributed by atoms with Crippen LogP contribution in [-0.4, -0.2) is 51.9 Å². The Labute approximate surface area is 221 Å². The number of nitrogens with zero attached hydrogens (tertiary/aromatic N) is 1. The van der Waals surface area contributed by atoms with Crippen LogP contribution in [-0.2, 0) is 19.1 Å². The Kier molecular flexibility index (Phi) is 11.2. The van der Waals surface area contributed by atoms with Crippen LogP contribution in [0.1, 0.15) is 97.4 Å². The maximum Gasteiger partial charge on any atom is 0.408 e. The molecule has 4 N–H and O–H groups in total. The van der Waals surface area contributed by atoms with E-state index in [1.54, 1.807) is 20.8 Å². The molecular weight excluding hydrogens is 472 g/mol. The van der Waals surface area contributed by atoms with E-state index in [0.29, 0.717) is 12.0 Å². The van der Waals surface area contributed by atoms with Crippen molar-refractivity contribution in [1.29, 1.82) is 0 Å². The third-order valence-electron chi connectivity index (χ3n) is 5.95. The molecule has 208 valence electrons. The molecule has 3 atom stereocenters. The molecule has 0 saturated heterocycles. The van der Waals surface area contributed by atoms with Crippen molar-refractivity contribution in [2.75, 3.05) is 0 Å². The second-order valence-corrected chi connectivity index (χ2v) is 11.6. The number of amides is 4. The molecule has 0 saturated carbocycles. The fourth-order valence-electron chi connectivity index (χ4n) is 3.89. The van der Waals surface area contributed by atoms with E-state index in [0.717, 1.165) is 11.1 Å². The highest BCUT2D eigenvalue weighted by atomic mass is 16.6. The normalized spacial score (nSPS) is 14.2. The molecule has 1 rings (SSSR count). The van der Waals surface area contributed by atoms with Crippen molar-refractivity contribution in [2.24, 2.45) is 5.73 Å². The first-order valence-corrected chi connectivity index (χ1v) is 12.9. The van der Waals surface area contributed by atoms with Gasteiger partial charge < -0.3 is 26.0 Å². The zero-order valence-corrected chi connectivity index (χ0v) is 24.2. The molecule has 1 aromatic rings. The van der Waals surface area contributed by atoms with Crippen LogP contribution >= 0.6 is 0 Å². The van der Waals surface area contributed by atoms with Crippen LogP contribution < -0.4 is 16.4 Å². The first kappa shape index (κ1) is 31.9. The third-order valence-corrected chi connectivity index (χ3v) is 5.95. The van der Waals surface area contributed by atoms with Crippen LogP contribution in [0.25, 0.3) is 0 Å². The molecule has 0 aliphatic heterocycles. The molecule has 0 heterocycles. The number of nitrogens with two attached hydrogens (primary N) is 1. The number of benzene rings is 1. The number of hydrogen-bond donors (Lipinski definition) is 3. The van der Waals surface area contributed by atoms with Gasteiger partial charge in [-0.3, -0.25) is 14.4 Å². The largest absolute Gasteiger partial charge is 0.444 e. The molecule has 0 aliphatic carbocycles. The van der Waals surface area contributed by atoms with Crippen LogP contribution in [0.3, 0.4) is 0 Å². The average molecular weight is 519 g/mol. The number of hydrogen-bond acceptors (Lipinski definition) is 5. The summed E-state index contributed by atoms with van der Waals surface area (Å²) >= 11 is 0. The van der Waals surface area contributed by atoms with E-state index < -0.39 is 41.1 Å². The van der Waals surface area contributed by atoms with Gasteiger partial charge >= 0.3 is 6.09 Å². The number of ether oxygens (including phenoxy) is 1. The molecular formula is C28H46N4O5. The number of rotatable bonds is 10. The average Bonchev–Trinajstić information content (AvgIpc) is 2.73. The molecule has 0 aromatic heterocycles. The van der Waals surface area contributed by atoms with Crippen LogP contribution in [0, 0.1) is 13.8 Å². The molecule has 0 fully saturated rings. The lowest BCUT2D eigenvalue weighted by Gasteiger charge is -2.40. The van der Waals surface area contributed by atoms with E-state index >= 15 is 0 Å². The SMILES string of the molecule is CCC(C)N(C(=O)C(CCC(N)=O)NC(=O)OC(C)(C)C)C(C(=O)NC(C)(C)C)c1cccc(C)c1C. The van der Waals surface area contributed by atoms with Crippen molar-refractivity contribution in [3.63, 3.8) is 0 Å². The van der Waals surface area contributed by atoms with Crippen molar-refractivity contribution in [1.82, 2.24) is 15.5 Å². The maximum atomic E-state index is 14.2. The first-order chi connectivity index (χ1) is 16.9. The molecule has 0 radical (unpaired) electrons. The molecule has 0 spiro atoms. The second kappa shape index (κ2) is 12.9. The topological polar surface area (TPSA) is 131 Å². The van der Waals surface area contributed by atoms with Crippen molar-refractivity contribution < 1.29 is 23.9 Å². The van der Waals surface area contributed by atoms with Gasteiger partial charge in [-0.25, -0.2) is 4.79 Å². The summed E-state index contributed by atoms with van der Waals surface area (Å²) in [7, 11) is 0. The number of nitrogens with one attached hydrogen (secondary N) is 2. The number of primary amides is 1. The number of carbonyl (C=O) groups is 4. The highest BCUT2D eigenvalue weighted by Crippen LogP contribution is 2.30. The standard InChI is InChI=1S/C28H46N4O5/c1-11-18(3)32(25(35)21(15-16-22(29)33)30-26(36)37-28(8,9)10)23(24(34)31-27(5,6)7)20-14-12-13-17(2)19(20)4/h12-14,18,21,23H,11,15-16H2,1-10H3,(H2,29,33)(H,30,36)(H,31,34). The van der Waals surface area contributed by atoms with Crippen LogP contribution in [0.5, 0.6) is 0 Å². The number of carbonyl (C=O) groups excluding carboxylic acids is 4. The zero-order valence-electron chi connectivity index (χ0n) is 24.2. The van der Waals surface area contributed by atoms with Gasteiger partial charge in [0.1, 0.15) is 17.7 Å². The Morgan fingerprint density at radius 2 is 1.65 bits per heavy atom. The number of alkyl carbamates (subject to hydrolysis) is 1. The van der Waals surface area contributed by atoms with Gasteiger partial charge in [0.25, 0.3) is 0 Å². The summed E-state index contributed by atoms with van der Waals surface area (Å²) in [5, 5.41) is 5.64. The predicted octanol–water partition coefficient (Wildman–Crippen LogP) is 4.05. The lowest BCUT2D eigenvalue weighted by atomic mass is 9.92. The van der Waals surface area contributed by atoms with E-state index in [4.69, 9.17) is 10.5 Å². The summed E-state index contributed by atoms with van der Waals surface area (Å²) < 4.78 is 5.37. The Morgan fingerprint density at radius 3 is 2.14 bits per heavy atom. The highest BCUT2D eigenvalue weighted by molar-refractivity contribution is 5.93. The quantitative estimate of drug-likeness (QED) is 0.430. The Hall–Kier alpha value is -3.10. The van der Waals surface area contributed by atoms with Crippen molar-refractivity contribution in [3.8, 4) is 0 Å². The minimum absolute atomic E-state index is 0.0270. The van der Waals surface area contributed by atoms with E-state index in [9.17, 15) is 19.2 Å². The summed E-state index contributed by atoms with van der Waals surface area (Å²) in [4.78, 5) is 53.7. The molecule has 4 amide bonds. The molecule has 0 aliphatic rings.